The largest absolute Gasteiger partial charge is 0.480 e. The second-order valence-corrected chi connectivity index (χ2v) is 10.7. The second kappa shape index (κ2) is 27.4. The number of carbonyl (C=O) groups is 3. The SMILES string of the molecule is CCCCCCCCCCCC(=O)OC(CCCCCCCC)CCCCCCCC(=O)NCC(=O)O. The van der Waals surface area contributed by atoms with E-state index in [1.54, 1.807) is 0 Å². The Labute approximate surface area is 228 Å². The highest BCUT2D eigenvalue weighted by atomic mass is 16.5. The summed E-state index contributed by atoms with van der Waals surface area (Å²) < 4.78 is 5.92. The van der Waals surface area contributed by atoms with E-state index in [1.165, 1.54) is 77.0 Å². The fourth-order valence-electron chi connectivity index (χ4n) is 4.69. The first-order valence-corrected chi connectivity index (χ1v) is 15.7. The van der Waals surface area contributed by atoms with Crippen LogP contribution in [0.4, 0.5) is 0 Å². The Morgan fingerprint density at radius 2 is 1.00 bits per heavy atom. The standard InChI is InChI=1S/C31H59NO5/c1-3-5-7-9-11-12-13-18-22-26-31(36)37-28(23-19-15-10-8-6-4-2)24-20-16-14-17-21-25-29(33)32-27-30(34)35/h28H,3-27H2,1-2H3,(H,32,33)(H,34,35). The third kappa shape index (κ3) is 27.3. The maximum atomic E-state index is 12.5. The molecule has 1 unspecified atom stereocenters. The second-order valence-electron chi connectivity index (χ2n) is 10.7. The molecule has 0 aliphatic rings. The van der Waals surface area contributed by atoms with Crippen molar-refractivity contribution in [2.24, 2.45) is 0 Å². The van der Waals surface area contributed by atoms with Gasteiger partial charge < -0.3 is 15.2 Å². The van der Waals surface area contributed by atoms with Crippen LogP contribution in [0.15, 0.2) is 0 Å². The summed E-state index contributed by atoms with van der Waals surface area (Å²) in [4.78, 5) is 34.5. The van der Waals surface area contributed by atoms with Gasteiger partial charge in [-0.15, -0.1) is 0 Å². The van der Waals surface area contributed by atoms with Crippen molar-refractivity contribution in [2.75, 3.05) is 6.54 Å². The van der Waals surface area contributed by atoms with Gasteiger partial charge in [0.1, 0.15) is 12.6 Å². The summed E-state index contributed by atoms with van der Waals surface area (Å²) in [5, 5.41) is 11.0. The first-order chi connectivity index (χ1) is 18.0. The predicted molar refractivity (Wildman–Crippen MR) is 153 cm³/mol. The average molecular weight is 526 g/mol. The average Bonchev–Trinajstić information content (AvgIpc) is 2.87. The maximum Gasteiger partial charge on any atom is 0.322 e. The third-order valence-electron chi connectivity index (χ3n) is 7.03. The lowest BCUT2D eigenvalue weighted by atomic mass is 10.0. The quantitative estimate of drug-likeness (QED) is 0.0789. The molecule has 6 heteroatoms. The molecule has 0 saturated heterocycles. The molecule has 0 fully saturated rings. The number of esters is 1. The molecule has 218 valence electrons. The van der Waals surface area contributed by atoms with Gasteiger partial charge in [0.05, 0.1) is 0 Å². The Bertz CT molecular complexity index is 552. The molecule has 37 heavy (non-hydrogen) atoms. The number of rotatable bonds is 28. The molecule has 0 bridgehead atoms. The first-order valence-electron chi connectivity index (χ1n) is 15.7. The third-order valence-corrected chi connectivity index (χ3v) is 7.03. The highest BCUT2D eigenvalue weighted by molar-refractivity contribution is 5.80. The number of aliphatic carboxylic acids is 1. The van der Waals surface area contributed by atoms with E-state index in [1.807, 2.05) is 0 Å². The van der Waals surface area contributed by atoms with E-state index in [-0.39, 0.29) is 24.5 Å². The number of hydrogen-bond donors (Lipinski definition) is 2. The van der Waals surface area contributed by atoms with E-state index in [0.717, 1.165) is 64.2 Å². The number of hydrogen-bond acceptors (Lipinski definition) is 4. The summed E-state index contributed by atoms with van der Waals surface area (Å²) in [5.41, 5.74) is 0. The van der Waals surface area contributed by atoms with Gasteiger partial charge in [0, 0.05) is 12.8 Å². The molecule has 0 spiro atoms. The van der Waals surface area contributed by atoms with Crippen molar-refractivity contribution in [3.05, 3.63) is 0 Å². The van der Waals surface area contributed by atoms with Crippen LogP contribution in [0.5, 0.6) is 0 Å². The van der Waals surface area contributed by atoms with Gasteiger partial charge in [0.25, 0.3) is 0 Å². The minimum Gasteiger partial charge on any atom is -0.480 e. The molecule has 0 heterocycles. The van der Waals surface area contributed by atoms with Crippen LogP contribution in [0.25, 0.3) is 0 Å². The molecule has 0 aromatic heterocycles. The number of amides is 1. The number of carbonyl (C=O) groups excluding carboxylic acids is 2. The van der Waals surface area contributed by atoms with Gasteiger partial charge >= 0.3 is 11.9 Å². The van der Waals surface area contributed by atoms with Crippen LogP contribution in [-0.4, -0.2) is 35.6 Å². The number of nitrogens with one attached hydrogen (secondary N) is 1. The van der Waals surface area contributed by atoms with Gasteiger partial charge in [-0.2, -0.15) is 0 Å². The molecular formula is C31H59NO5. The van der Waals surface area contributed by atoms with Crippen LogP contribution >= 0.6 is 0 Å². The summed E-state index contributed by atoms with van der Waals surface area (Å²) in [5.74, 6) is -1.23. The summed E-state index contributed by atoms with van der Waals surface area (Å²) in [6, 6.07) is 0. The molecule has 0 aliphatic carbocycles. The van der Waals surface area contributed by atoms with E-state index >= 15 is 0 Å². The van der Waals surface area contributed by atoms with Crippen molar-refractivity contribution >= 4 is 17.8 Å². The van der Waals surface area contributed by atoms with Crippen molar-refractivity contribution < 1.29 is 24.2 Å². The zero-order valence-corrected chi connectivity index (χ0v) is 24.3. The van der Waals surface area contributed by atoms with Gasteiger partial charge in [-0.25, -0.2) is 0 Å². The number of carboxylic acids is 1. The summed E-state index contributed by atoms with van der Waals surface area (Å²) in [6.45, 7) is 4.17. The first kappa shape index (κ1) is 35.4. The molecule has 0 radical (unpaired) electrons. The van der Waals surface area contributed by atoms with Crippen molar-refractivity contribution in [2.45, 2.75) is 174 Å². The monoisotopic (exact) mass is 525 g/mol. The van der Waals surface area contributed by atoms with Crippen molar-refractivity contribution in [1.29, 1.82) is 0 Å². The zero-order valence-electron chi connectivity index (χ0n) is 24.3. The van der Waals surface area contributed by atoms with Crippen LogP contribution in [0.2, 0.25) is 0 Å². The Kier molecular flexibility index (Phi) is 26.3. The van der Waals surface area contributed by atoms with E-state index in [2.05, 4.69) is 19.2 Å². The minimum atomic E-state index is -1.02. The normalized spacial score (nSPS) is 11.8. The molecule has 0 rings (SSSR count). The van der Waals surface area contributed by atoms with E-state index in [4.69, 9.17) is 9.84 Å². The zero-order chi connectivity index (χ0) is 27.4. The fraction of sp³-hybridized carbons (Fsp3) is 0.903. The van der Waals surface area contributed by atoms with Crippen LogP contribution in [0.3, 0.4) is 0 Å². The lowest BCUT2D eigenvalue weighted by Gasteiger charge is -2.18. The highest BCUT2D eigenvalue weighted by Crippen LogP contribution is 2.18. The maximum absolute atomic E-state index is 12.5. The molecular weight excluding hydrogens is 466 g/mol. The van der Waals surface area contributed by atoms with Gasteiger partial charge in [0.15, 0.2) is 0 Å². The van der Waals surface area contributed by atoms with Gasteiger partial charge in [0.2, 0.25) is 5.91 Å². The highest BCUT2D eigenvalue weighted by Gasteiger charge is 2.14. The van der Waals surface area contributed by atoms with E-state index < -0.39 is 5.97 Å². The molecule has 0 aliphatic heterocycles. The summed E-state index contributed by atoms with van der Waals surface area (Å²) in [7, 11) is 0. The molecule has 2 N–H and O–H groups in total. The van der Waals surface area contributed by atoms with Crippen LogP contribution < -0.4 is 5.32 Å². The van der Waals surface area contributed by atoms with Gasteiger partial charge in [-0.3, -0.25) is 14.4 Å². The Balaban J connectivity index is 4.07. The molecule has 1 amide bonds. The Hall–Kier alpha value is -1.59. The topological polar surface area (TPSA) is 92.7 Å². The molecule has 0 aromatic rings. The number of ether oxygens (including phenoxy) is 1. The van der Waals surface area contributed by atoms with Crippen molar-refractivity contribution in [3.8, 4) is 0 Å². The predicted octanol–water partition coefficient (Wildman–Crippen LogP) is 8.50. The fourth-order valence-corrected chi connectivity index (χ4v) is 4.69. The minimum absolute atomic E-state index is 0.0219. The van der Waals surface area contributed by atoms with Crippen LogP contribution in [0, 0.1) is 0 Å². The Morgan fingerprint density at radius 3 is 1.46 bits per heavy atom. The van der Waals surface area contributed by atoms with Gasteiger partial charge in [-0.05, 0) is 38.5 Å². The van der Waals surface area contributed by atoms with Crippen molar-refractivity contribution in [1.82, 2.24) is 5.32 Å². The van der Waals surface area contributed by atoms with E-state index in [9.17, 15) is 14.4 Å². The summed E-state index contributed by atoms with van der Waals surface area (Å²) in [6.07, 6.45) is 26.5. The van der Waals surface area contributed by atoms with Crippen LogP contribution in [0.1, 0.15) is 168 Å². The van der Waals surface area contributed by atoms with E-state index in [0.29, 0.717) is 12.8 Å². The molecule has 6 nitrogen and oxygen atoms in total. The lowest BCUT2D eigenvalue weighted by molar-refractivity contribution is -0.150. The number of unbranched alkanes of at least 4 members (excludes halogenated alkanes) is 17. The number of carboxylic acid groups (broad SMARTS) is 1. The van der Waals surface area contributed by atoms with Crippen molar-refractivity contribution in [3.63, 3.8) is 0 Å². The van der Waals surface area contributed by atoms with Gasteiger partial charge in [-0.1, -0.05) is 117 Å². The summed E-state index contributed by atoms with van der Waals surface area (Å²) >= 11 is 0. The smallest absolute Gasteiger partial charge is 0.322 e. The molecule has 0 saturated carbocycles. The van der Waals surface area contributed by atoms with Crippen LogP contribution in [-0.2, 0) is 19.1 Å². The molecule has 1 atom stereocenters. The lowest BCUT2D eigenvalue weighted by Crippen LogP contribution is -2.28. The Morgan fingerprint density at radius 1 is 0.595 bits per heavy atom. The molecule has 0 aromatic carbocycles.